The van der Waals surface area contributed by atoms with Crippen molar-refractivity contribution in [2.75, 3.05) is 26.2 Å². The molecule has 29 heavy (non-hydrogen) atoms. The van der Waals surface area contributed by atoms with E-state index in [1.807, 2.05) is 45.0 Å². The summed E-state index contributed by atoms with van der Waals surface area (Å²) < 4.78 is 5.44. The number of likely N-dealkylation sites (N-methyl/N-ethyl adjacent to an activating group) is 1. The molecular weight excluding hydrogens is 366 g/mol. The van der Waals surface area contributed by atoms with Gasteiger partial charge in [-0.3, -0.25) is 9.80 Å². The van der Waals surface area contributed by atoms with Gasteiger partial charge in [0, 0.05) is 24.8 Å². The fourth-order valence-corrected chi connectivity index (χ4v) is 4.34. The molecular formula is C23H33N3O3. The Balaban J connectivity index is 2.10. The van der Waals surface area contributed by atoms with Crippen molar-refractivity contribution >= 4 is 12.0 Å². The number of carbonyl (C=O) groups is 2. The van der Waals surface area contributed by atoms with Gasteiger partial charge in [0.2, 0.25) is 0 Å². The predicted octanol–water partition coefficient (Wildman–Crippen LogP) is 3.77. The summed E-state index contributed by atoms with van der Waals surface area (Å²) in [5, 5.41) is 3.04. The molecule has 2 heterocycles. The Labute approximate surface area is 173 Å². The highest BCUT2D eigenvalue weighted by Crippen LogP contribution is 2.33. The quantitative estimate of drug-likeness (QED) is 0.740. The number of rotatable bonds is 6. The lowest BCUT2D eigenvalue weighted by Gasteiger charge is -2.40. The predicted molar refractivity (Wildman–Crippen MR) is 113 cm³/mol. The van der Waals surface area contributed by atoms with Crippen molar-refractivity contribution in [2.24, 2.45) is 0 Å². The lowest BCUT2D eigenvalue weighted by molar-refractivity contribution is -0.139. The molecule has 6 heteroatoms. The molecule has 158 valence electrons. The van der Waals surface area contributed by atoms with Crippen molar-refractivity contribution in [3.05, 3.63) is 46.7 Å². The number of nitrogens with one attached hydrogen (secondary N) is 1. The summed E-state index contributed by atoms with van der Waals surface area (Å²) in [6.45, 7) is 10.4. The molecule has 1 aromatic carbocycles. The Morgan fingerprint density at radius 1 is 1.28 bits per heavy atom. The third kappa shape index (κ3) is 4.64. The number of benzene rings is 1. The molecule has 0 unspecified atom stereocenters. The summed E-state index contributed by atoms with van der Waals surface area (Å²) in [7, 11) is 0. The Morgan fingerprint density at radius 2 is 2.07 bits per heavy atom. The van der Waals surface area contributed by atoms with Crippen LogP contribution in [0.2, 0.25) is 0 Å². The van der Waals surface area contributed by atoms with Gasteiger partial charge in [0.25, 0.3) is 0 Å². The SMILES string of the molecule is CCOC(=O)C1=C(CN2CCCC[C@H]2C)N(CC)C(=O)N[C@H]1c1cccc(C)c1. The molecule has 3 rings (SSSR count). The van der Waals surface area contributed by atoms with Crippen LogP contribution in [0.5, 0.6) is 0 Å². The molecule has 1 saturated heterocycles. The van der Waals surface area contributed by atoms with Crippen LogP contribution in [0.1, 0.15) is 57.2 Å². The molecule has 2 aliphatic heterocycles. The first kappa shape index (κ1) is 21.4. The van der Waals surface area contributed by atoms with Crippen LogP contribution < -0.4 is 5.32 Å². The van der Waals surface area contributed by atoms with Crippen LogP contribution in [-0.4, -0.2) is 54.1 Å². The van der Waals surface area contributed by atoms with E-state index in [0.29, 0.717) is 31.3 Å². The number of piperidine rings is 1. The Hall–Kier alpha value is -2.34. The number of esters is 1. The van der Waals surface area contributed by atoms with E-state index >= 15 is 0 Å². The monoisotopic (exact) mass is 399 g/mol. The smallest absolute Gasteiger partial charge is 0.338 e. The summed E-state index contributed by atoms with van der Waals surface area (Å²) >= 11 is 0. The number of amides is 2. The third-order valence-electron chi connectivity index (χ3n) is 5.92. The molecule has 2 atom stereocenters. The average Bonchev–Trinajstić information content (AvgIpc) is 2.69. The molecule has 0 saturated carbocycles. The number of likely N-dealkylation sites (tertiary alicyclic amines) is 1. The molecule has 2 aliphatic rings. The largest absolute Gasteiger partial charge is 0.463 e. The van der Waals surface area contributed by atoms with Crippen LogP contribution in [0.15, 0.2) is 35.5 Å². The molecule has 0 radical (unpaired) electrons. The zero-order chi connectivity index (χ0) is 21.0. The van der Waals surface area contributed by atoms with E-state index in [-0.39, 0.29) is 12.0 Å². The van der Waals surface area contributed by atoms with E-state index < -0.39 is 6.04 Å². The molecule has 0 aliphatic carbocycles. The lowest BCUT2D eigenvalue weighted by Crippen LogP contribution is -2.52. The first-order valence-electron chi connectivity index (χ1n) is 10.7. The summed E-state index contributed by atoms with van der Waals surface area (Å²) in [5.41, 5.74) is 3.32. The molecule has 6 nitrogen and oxygen atoms in total. The van der Waals surface area contributed by atoms with Gasteiger partial charge in [-0.25, -0.2) is 9.59 Å². The van der Waals surface area contributed by atoms with Crippen molar-refractivity contribution < 1.29 is 14.3 Å². The van der Waals surface area contributed by atoms with Gasteiger partial charge < -0.3 is 10.1 Å². The van der Waals surface area contributed by atoms with Crippen LogP contribution >= 0.6 is 0 Å². The number of ether oxygens (including phenoxy) is 1. The topological polar surface area (TPSA) is 61.9 Å². The first-order chi connectivity index (χ1) is 14.0. The first-order valence-corrected chi connectivity index (χ1v) is 10.7. The second-order valence-corrected chi connectivity index (χ2v) is 7.94. The minimum Gasteiger partial charge on any atom is -0.463 e. The maximum Gasteiger partial charge on any atom is 0.338 e. The van der Waals surface area contributed by atoms with Gasteiger partial charge in [0.15, 0.2) is 0 Å². The standard InChI is InChI=1S/C23H33N3O3/c1-5-26-19(15-25-13-8-7-11-17(25)4)20(22(27)29-6-2)21(24-23(26)28)18-12-9-10-16(3)14-18/h9-10,12,14,17,21H,5-8,11,13,15H2,1-4H3,(H,24,28)/t17-,21+/m1/s1. The van der Waals surface area contributed by atoms with Crippen molar-refractivity contribution in [1.82, 2.24) is 15.1 Å². The molecule has 1 fully saturated rings. The van der Waals surface area contributed by atoms with Crippen LogP contribution in [0.4, 0.5) is 4.79 Å². The maximum atomic E-state index is 13.1. The molecule has 1 N–H and O–H groups in total. The van der Waals surface area contributed by atoms with E-state index in [4.69, 9.17) is 4.74 Å². The number of aryl methyl sites for hydroxylation is 1. The number of hydrogen-bond donors (Lipinski definition) is 1. The zero-order valence-electron chi connectivity index (χ0n) is 18.0. The molecule has 0 spiro atoms. The van der Waals surface area contributed by atoms with E-state index in [1.54, 1.807) is 4.90 Å². The summed E-state index contributed by atoms with van der Waals surface area (Å²) in [5.74, 6) is -0.350. The minimum absolute atomic E-state index is 0.160. The van der Waals surface area contributed by atoms with Crippen molar-refractivity contribution in [3.8, 4) is 0 Å². The molecule has 0 aromatic heterocycles. The highest BCUT2D eigenvalue weighted by Gasteiger charge is 2.38. The lowest BCUT2D eigenvalue weighted by atomic mass is 9.92. The van der Waals surface area contributed by atoms with Gasteiger partial charge in [-0.05, 0) is 52.6 Å². The van der Waals surface area contributed by atoms with E-state index in [2.05, 4.69) is 17.1 Å². The second-order valence-electron chi connectivity index (χ2n) is 7.94. The van der Waals surface area contributed by atoms with Crippen LogP contribution in [0, 0.1) is 6.92 Å². The number of nitrogens with zero attached hydrogens (tertiary/aromatic N) is 2. The number of hydrogen-bond acceptors (Lipinski definition) is 4. The second kappa shape index (κ2) is 9.44. The fourth-order valence-electron chi connectivity index (χ4n) is 4.34. The minimum atomic E-state index is -0.501. The summed E-state index contributed by atoms with van der Waals surface area (Å²) in [6, 6.07) is 7.72. The Bertz CT molecular complexity index is 789. The van der Waals surface area contributed by atoms with E-state index in [1.165, 1.54) is 6.42 Å². The Morgan fingerprint density at radius 3 is 2.72 bits per heavy atom. The summed E-state index contributed by atoms with van der Waals surface area (Å²) in [4.78, 5) is 30.1. The number of urea groups is 1. The normalized spacial score (nSPS) is 23.2. The van der Waals surface area contributed by atoms with Gasteiger partial charge in [0.1, 0.15) is 0 Å². The Kier molecular flexibility index (Phi) is 6.96. The number of carbonyl (C=O) groups excluding carboxylic acids is 2. The average molecular weight is 400 g/mol. The third-order valence-corrected chi connectivity index (χ3v) is 5.92. The maximum absolute atomic E-state index is 13.1. The van der Waals surface area contributed by atoms with E-state index in [0.717, 1.165) is 36.2 Å². The van der Waals surface area contributed by atoms with Crippen molar-refractivity contribution in [1.29, 1.82) is 0 Å². The highest BCUT2D eigenvalue weighted by atomic mass is 16.5. The zero-order valence-corrected chi connectivity index (χ0v) is 18.0. The molecule has 2 amide bonds. The molecule has 0 bridgehead atoms. The van der Waals surface area contributed by atoms with Gasteiger partial charge in [-0.2, -0.15) is 0 Å². The van der Waals surface area contributed by atoms with Crippen LogP contribution in [0.25, 0.3) is 0 Å². The van der Waals surface area contributed by atoms with Gasteiger partial charge >= 0.3 is 12.0 Å². The highest BCUT2D eigenvalue weighted by molar-refractivity contribution is 5.95. The van der Waals surface area contributed by atoms with Gasteiger partial charge in [-0.15, -0.1) is 0 Å². The van der Waals surface area contributed by atoms with Gasteiger partial charge in [-0.1, -0.05) is 36.2 Å². The van der Waals surface area contributed by atoms with E-state index in [9.17, 15) is 9.59 Å². The molecule has 1 aromatic rings. The van der Waals surface area contributed by atoms with Crippen LogP contribution in [-0.2, 0) is 9.53 Å². The van der Waals surface area contributed by atoms with Gasteiger partial charge in [0.05, 0.1) is 18.2 Å². The van der Waals surface area contributed by atoms with Crippen molar-refractivity contribution in [2.45, 2.75) is 59.0 Å². The van der Waals surface area contributed by atoms with Crippen LogP contribution in [0.3, 0.4) is 0 Å². The van der Waals surface area contributed by atoms with Crippen molar-refractivity contribution in [3.63, 3.8) is 0 Å². The fraction of sp³-hybridized carbons (Fsp3) is 0.565. The summed E-state index contributed by atoms with van der Waals surface area (Å²) in [6.07, 6.45) is 3.51.